The molecule has 0 aromatic heterocycles. The SMILES string of the molecule is CC(=O)c1ccc(OCc2ccccc2C)c(Cl)c1. The molecule has 0 heterocycles. The van der Waals surface area contributed by atoms with Crippen molar-refractivity contribution < 1.29 is 9.53 Å². The molecule has 0 fully saturated rings. The van der Waals surface area contributed by atoms with Crippen LogP contribution in [0.3, 0.4) is 0 Å². The van der Waals surface area contributed by atoms with Crippen LogP contribution in [-0.4, -0.2) is 5.78 Å². The predicted octanol–water partition coefficient (Wildman–Crippen LogP) is 4.43. The van der Waals surface area contributed by atoms with Crippen molar-refractivity contribution in [3.05, 3.63) is 64.2 Å². The lowest BCUT2D eigenvalue weighted by atomic mass is 10.1. The summed E-state index contributed by atoms with van der Waals surface area (Å²) in [5.74, 6) is 0.585. The summed E-state index contributed by atoms with van der Waals surface area (Å²) in [7, 11) is 0. The molecule has 2 rings (SSSR count). The third-order valence-corrected chi connectivity index (χ3v) is 3.28. The van der Waals surface area contributed by atoms with Gasteiger partial charge in [0.15, 0.2) is 5.78 Å². The molecular weight excluding hydrogens is 260 g/mol. The van der Waals surface area contributed by atoms with E-state index in [2.05, 4.69) is 0 Å². The molecule has 0 radical (unpaired) electrons. The normalized spacial score (nSPS) is 10.3. The van der Waals surface area contributed by atoms with E-state index >= 15 is 0 Å². The summed E-state index contributed by atoms with van der Waals surface area (Å²) in [5.41, 5.74) is 2.89. The number of aryl methyl sites for hydroxylation is 1. The van der Waals surface area contributed by atoms with Crippen LogP contribution in [0, 0.1) is 6.92 Å². The van der Waals surface area contributed by atoms with Crippen molar-refractivity contribution in [3.8, 4) is 5.75 Å². The molecular formula is C16H15ClO2. The minimum atomic E-state index is -0.00708. The van der Waals surface area contributed by atoms with E-state index in [0.29, 0.717) is 22.9 Å². The van der Waals surface area contributed by atoms with Gasteiger partial charge in [0, 0.05) is 5.56 Å². The van der Waals surface area contributed by atoms with Gasteiger partial charge in [-0.15, -0.1) is 0 Å². The molecule has 0 amide bonds. The zero-order valence-corrected chi connectivity index (χ0v) is 11.7. The van der Waals surface area contributed by atoms with Crippen LogP contribution < -0.4 is 4.74 Å². The maximum atomic E-state index is 11.2. The van der Waals surface area contributed by atoms with Gasteiger partial charge in [0.05, 0.1) is 5.02 Å². The number of carbonyl (C=O) groups is 1. The first kappa shape index (κ1) is 13.6. The molecule has 0 aliphatic heterocycles. The number of benzene rings is 2. The van der Waals surface area contributed by atoms with E-state index in [1.165, 1.54) is 12.5 Å². The molecule has 2 aromatic carbocycles. The van der Waals surface area contributed by atoms with Gasteiger partial charge in [-0.1, -0.05) is 35.9 Å². The Bertz CT molecular complexity index is 605. The second-order valence-corrected chi connectivity index (χ2v) is 4.82. The number of rotatable bonds is 4. The number of carbonyl (C=O) groups excluding carboxylic acids is 1. The van der Waals surface area contributed by atoms with Crippen molar-refractivity contribution >= 4 is 17.4 Å². The average Bonchev–Trinajstić information content (AvgIpc) is 2.39. The third kappa shape index (κ3) is 3.36. The molecule has 2 nitrogen and oxygen atoms in total. The molecule has 0 aliphatic rings. The van der Waals surface area contributed by atoms with Gasteiger partial charge in [-0.25, -0.2) is 0 Å². The topological polar surface area (TPSA) is 26.3 Å². The van der Waals surface area contributed by atoms with E-state index in [4.69, 9.17) is 16.3 Å². The quantitative estimate of drug-likeness (QED) is 0.771. The second kappa shape index (κ2) is 5.89. The Morgan fingerprint density at radius 3 is 2.58 bits per heavy atom. The van der Waals surface area contributed by atoms with E-state index in [9.17, 15) is 4.79 Å². The number of Topliss-reactive ketones (excluding diaryl/α,β-unsaturated/α-hetero) is 1. The number of hydrogen-bond donors (Lipinski definition) is 0. The minimum Gasteiger partial charge on any atom is -0.487 e. The fraction of sp³-hybridized carbons (Fsp3) is 0.188. The lowest BCUT2D eigenvalue weighted by Gasteiger charge is -2.10. The van der Waals surface area contributed by atoms with Gasteiger partial charge in [0.2, 0.25) is 0 Å². The fourth-order valence-electron chi connectivity index (χ4n) is 1.76. The van der Waals surface area contributed by atoms with Gasteiger partial charge in [0.1, 0.15) is 12.4 Å². The Morgan fingerprint density at radius 2 is 1.95 bits per heavy atom. The monoisotopic (exact) mass is 274 g/mol. The molecule has 0 unspecified atom stereocenters. The molecule has 0 saturated carbocycles. The van der Waals surface area contributed by atoms with Crippen molar-refractivity contribution in [3.63, 3.8) is 0 Å². The van der Waals surface area contributed by atoms with Crippen molar-refractivity contribution in [1.82, 2.24) is 0 Å². The maximum absolute atomic E-state index is 11.2. The zero-order chi connectivity index (χ0) is 13.8. The number of ether oxygens (including phenoxy) is 1. The molecule has 0 N–H and O–H groups in total. The van der Waals surface area contributed by atoms with E-state index in [0.717, 1.165) is 5.56 Å². The zero-order valence-electron chi connectivity index (χ0n) is 10.9. The van der Waals surface area contributed by atoms with E-state index in [1.54, 1.807) is 18.2 Å². The summed E-state index contributed by atoms with van der Waals surface area (Å²) >= 11 is 6.10. The molecule has 2 aromatic rings. The summed E-state index contributed by atoms with van der Waals surface area (Å²) < 4.78 is 5.70. The largest absolute Gasteiger partial charge is 0.487 e. The van der Waals surface area contributed by atoms with Gasteiger partial charge in [-0.2, -0.15) is 0 Å². The lowest BCUT2D eigenvalue weighted by Crippen LogP contribution is -1.99. The van der Waals surface area contributed by atoms with Gasteiger partial charge in [-0.3, -0.25) is 4.79 Å². The third-order valence-electron chi connectivity index (χ3n) is 2.98. The number of hydrogen-bond acceptors (Lipinski definition) is 2. The molecule has 19 heavy (non-hydrogen) atoms. The van der Waals surface area contributed by atoms with Gasteiger partial charge < -0.3 is 4.74 Å². The average molecular weight is 275 g/mol. The van der Waals surface area contributed by atoms with Crippen LogP contribution in [0.25, 0.3) is 0 Å². The molecule has 0 spiro atoms. The van der Waals surface area contributed by atoms with Crippen molar-refractivity contribution in [1.29, 1.82) is 0 Å². The molecule has 0 saturated heterocycles. The highest BCUT2D eigenvalue weighted by Gasteiger charge is 2.06. The van der Waals surface area contributed by atoms with Gasteiger partial charge in [0.25, 0.3) is 0 Å². The highest BCUT2D eigenvalue weighted by atomic mass is 35.5. The van der Waals surface area contributed by atoms with Gasteiger partial charge in [-0.05, 0) is 43.2 Å². The Kier molecular flexibility index (Phi) is 4.23. The maximum Gasteiger partial charge on any atom is 0.159 e. The van der Waals surface area contributed by atoms with Gasteiger partial charge >= 0.3 is 0 Å². The van der Waals surface area contributed by atoms with Crippen LogP contribution in [0.2, 0.25) is 5.02 Å². The van der Waals surface area contributed by atoms with Crippen molar-refractivity contribution in [2.75, 3.05) is 0 Å². The highest BCUT2D eigenvalue weighted by Crippen LogP contribution is 2.26. The first-order chi connectivity index (χ1) is 9.08. The van der Waals surface area contributed by atoms with Crippen molar-refractivity contribution in [2.24, 2.45) is 0 Å². The summed E-state index contributed by atoms with van der Waals surface area (Å²) in [5, 5.41) is 0.460. The predicted molar refractivity (Wildman–Crippen MR) is 77.0 cm³/mol. The standard InChI is InChI=1S/C16H15ClO2/c1-11-5-3-4-6-14(11)10-19-16-8-7-13(12(2)18)9-15(16)17/h3-9H,10H2,1-2H3. The number of ketones is 1. The van der Waals surface area contributed by atoms with E-state index < -0.39 is 0 Å². The van der Waals surface area contributed by atoms with E-state index in [1.807, 2.05) is 31.2 Å². The smallest absolute Gasteiger partial charge is 0.159 e. The Balaban J connectivity index is 2.12. The molecule has 98 valence electrons. The molecule has 0 aliphatic carbocycles. The summed E-state index contributed by atoms with van der Waals surface area (Å²) in [6, 6.07) is 13.1. The molecule has 0 atom stereocenters. The van der Waals surface area contributed by atoms with Crippen molar-refractivity contribution in [2.45, 2.75) is 20.5 Å². The minimum absolute atomic E-state index is 0.00708. The summed E-state index contributed by atoms with van der Waals surface area (Å²) in [6.45, 7) is 4.02. The molecule has 3 heteroatoms. The first-order valence-electron chi connectivity index (χ1n) is 6.05. The number of halogens is 1. The summed E-state index contributed by atoms with van der Waals surface area (Å²) in [4.78, 5) is 11.2. The Morgan fingerprint density at radius 1 is 1.21 bits per heavy atom. The Labute approximate surface area is 118 Å². The highest BCUT2D eigenvalue weighted by molar-refractivity contribution is 6.32. The first-order valence-corrected chi connectivity index (χ1v) is 6.43. The molecule has 0 bridgehead atoms. The van der Waals surface area contributed by atoms with Crippen LogP contribution in [0.1, 0.15) is 28.4 Å². The summed E-state index contributed by atoms with van der Waals surface area (Å²) in [6.07, 6.45) is 0. The fourth-order valence-corrected chi connectivity index (χ4v) is 2.00. The Hall–Kier alpha value is -1.80. The van der Waals surface area contributed by atoms with Crippen LogP contribution in [-0.2, 0) is 6.61 Å². The van der Waals surface area contributed by atoms with Crippen LogP contribution in [0.4, 0.5) is 0 Å². The van der Waals surface area contributed by atoms with Crippen LogP contribution >= 0.6 is 11.6 Å². The van der Waals surface area contributed by atoms with Crippen LogP contribution in [0.15, 0.2) is 42.5 Å². The lowest BCUT2D eigenvalue weighted by molar-refractivity contribution is 0.101. The second-order valence-electron chi connectivity index (χ2n) is 4.42. The van der Waals surface area contributed by atoms with Crippen LogP contribution in [0.5, 0.6) is 5.75 Å². The van der Waals surface area contributed by atoms with E-state index in [-0.39, 0.29) is 5.78 Å².